The van der Waals surface area contributed by atoms with Crippen molar-refractivity contribution in [3.63, 3.8) is 0 Å². The zero-order valence-corrected chi connectivity index (χ0v) is 13.8. The maximum atomic E-state index is 11.5. The number of rotatable bonds is 6. The van der Waals surface area contributed by atoms with Gasteiger partial charge in [0.25, 0.3) is 5.56 Å². The molecule has 7 nitrogen and oxygen atoms in total. The van der Waals surface area contributed by atoms with E-state index < -0.39 is 0 Å². The van der Waals surface area contributed by atoms with Crippen molar-refractivity contribution in [2.24, 2.45) is 0 Å². The Labute approximate surface area is 139 Å². The third-order valence-electron chi connectivity index (χ3n) is 3.77. The van der Waals surface area contributed by atoms with E-state index in [0.29, 0.717) is 11.5 Å². The highest BCUT2D eigenvalue weighted by atomic mass is 16.1. The summed E-state index contributed by atoms with van der Waals surface area (Å²) in [5.74, 6) is 1.34. The molecule has 124 valence electrons. The van der Waals surface area contributed by atoms with Gasteiger partial charge in [-0.05, 0) is 44.4 Å². The highest BCUT2D eigenvalue weighted by molar-refractivity contribution is 5.55. The van der Waals surface area contributed by atoms with Gasteiger partial charge < -0.3 is 10.3 Å². The van der Waals surface area contributed by atoms with Gasteiger partial charge >= 0.3 is 0 Å². The van der Waals surface area contributed by atoms with Crippen LogP contribution in [0.4, 0.5) is 5.82 Å². The van der Waals surface area contributed by atoms with Crippen molar-refractivity contribution in [1.29, 1.82) is 0 Å². The first kappa shape index (κ1) is 15.9. The van der Waals surface area contributed by atoms with Gasteiger partial charge in [0.15, 0.2) is 0 Å². The molecule has 0 radical (unpaired) electrons. The molecule has 0 unspecified atom stereocenters. The molecule has 0 amide bonds. The topological polar surface area (TPSA) is 99.3 Å². The van der Waals surface area contributed by atoms with Crippen LogP contribution in [0.5, 0.6) is 0 Å². The monoisotopic (exact) mass is 324 g/mol. The second kappa shape index (κ2) is 7.08. The highest BCUT2D eigenvalue weighted by Gasteiger charge is 2.04. The van der Waals surface area contributed by atoms with Gasteiger partial charge in [0.05, 0.1) is 6.20 Å². The van der Waals surface area contributed by atoms with Gasteiger partial charge in [-0.1, -0.05) is 0 Å². The second-order valence-electron chi connectivity index (χ2n) is 5.72. The number of pyridine rings is 1. The van der Waals surface area contributed by atoms with Crippen LogP contribution in [0, 0.1) is 13.8 Å². The number of aryl methyl sites for hydroxylation is 3. The first-order valence-corrected chi connectivity index (χ1v) is 7.89. The molecule has 0 bridgehead atoms. The molecule has 0 aliphatic rings. The molecule has 24 heavy (non-hydrogen) atoms. The number of nitrogens with one attached hydrogen (secondary N) is 3. The minimum Gasteiger partial charge on any atom is -0.370 e. The molecule has 0 fully saturated rings. The van der Waals surface area contributed by atoms with Crippen molar-refractivity contribution in [3.05, 3.63) is 57.9 Å². The number of hydrogen-bond acceptors (Lipinski definition) is 5. The van der Waals surface area contributed by atoms with Gasteiger partial charge in [0.1, 0.15) is 11.6 Å². The van der Waals surface area contributed by atoms with Crippen LogP contribution < -0.4 is 10.9 Å². The Hall–Kier alpha value is -2.96. The van der Waals surface area contributed by atoms with Crippen LogP contribution >= 0.6 is 0 Å². The molecule has 3 aromatic heterocycles. The summed E-state index contributed by atoms with van der Waals surface area (Å²) in [7, 11) is 0. The number of H-pyrrole nitrogens is 2. The zero-order valence-electron chi connectivity index (χ0n) is 13.8. The van der Waals surface area contributed by atoms with Crippen molar-refractivity contribution in [2.75, 3.05) is 11.9 Å². The standard InChI is InChI=1S/C17H20N6O/c1-11-8-16(24)22-17(21-11)14-5-6-15(19-9-14)18-7-3-4-13-10-20-23-12(13)2/h5-6,8-10H,3-4,7H2,1-2H3,(H,18,19)(H,20,23)(H,21,22,24). The van der Waals surface area contributed by atoms with Crippen LogP contribution in [0.3, 0.4) is 0 Å². The summed E-state index contributed by atoms with van der Waals surface area (Å²) in [5, 5.41) is 10.3. The summed E-state index contributed by atoms with van der Waals surface area (Å²) in [4.78, 5) is 22.9. The molecule has 3 heterocycles. The van der Waals surface area contributed by atoms with Crippen molar-refractivity contribution >= 4 is 5.82 Å². The van der Waals surface area contributed by atoms with E-state index in [1.807, 2.05) is 25.3 Å². The molecule has 0 aliphatic heterocycles. The Morgan fingerprint density at radius 3 is 2.75 bits per heavy atom. The average Bonchev–Trinajstić information content (AvgIpc) is 2.96. The smallest absolute Gasteiger partial charge is 0.251 e. The number of nitrogens with zero attached hydrogens (tertiary/aromatic N) is 3. The largest absolute Gasteiger partial charge is 0.370 e. The van der Waals surface area contributed by atoms with Crippen LogP contribution in [-0.2, 0) is 6.42 Å². The molecule has 3 rings (SSSR count). The first-order valence-electron chi connectivity index (χ1n) is 7.89. The summed E-state index contributed by atoms with van der Waals surface area (Å²) >= 11 is 0. The Bertz CT molecular complexity index is 865. The summed E-state index contributed by atoms with van der Waals surface area (Å²) in [6, 6.07) is 5.25. The Kier molecular flexibility index (Phi) is 4.69. The quantitative estimate of drug-likeness (QED) is 0.604. The average molecular weight is 324 g/mol. The van der Waals surface area contributed by atoms with Gasteiger partial charge in [-0.15, -0.1) is 0 Å². The van der Waals surface area contributed by atoms with Crippen molar-refractivity contribution < 1.29 is 0 Å². The lowest BCUT2D eigenvalue weighted by Gasteiger charge is -2.06. The number of anilines is 1. The Balaban J connectivity index is 1.56. The predicted molar refractivity (Wildman–Crippen MR) is 93.0 cm³/mol. The molecule has 0 spiro atoms. The van der Waals surface area contributed by atoms with Gasteiger partial charge in [-0.25, -0.2) is 9.97 Å². The van der Waals surface area contributed by atoms with Crippen LogP contribution in [0.15, 0.2) is 35.4 Å². The maximum Gasteiger partial charge on any atom is 0.251 e. The molecular weight excluding hydrogens is 304 g/mol. The van der Waals surface area contributed by atoms with Crippen LogP contribution in [0.2, 0.25) is 0 Å². The minimum absolute atomic E-state index is 0.158. The fourth-order valence-electron chi connectivity index (χ4n) is 2.48. The van der Waals surface area contributed by atoms with E-state index in [1.165, 1.54) is 11.6 Å². The molecular formula is C17H20N6O. The SMILES string of the molecule is Cc1cc(=O)[nH]c(-c2ccc(NCCCc3cn[nH]c3C)nc2)n1. The van der Waals surface area contributed by atoms with Gasteiger partial charge in [-0.3, -0.25) is 9.89 Å². The Morgan fingerprint density at radius 1 is 1.21 bits per heavy atom. The molecule has 7 heteroatoms. The molecule has 0 atom stereocenters. The van der Waals surface area contributed by atoms with E-state index >= 15 is 0 Å². The maximum absolute atomic E-state index is 11.5. The van der Waals surface area contributed by atoms with E-state index in [0.717, 1.165) is 36.5 Å². The van der Waals surface area contributed by atoms with E-state index in [4.69, 9.17) is 0 Å². The molecule has 3 N–H and O–H groups in total. The lowest BCUT2D eigenvalue weighted by atomic mass is 10.1. The summed E-state index contributed by atoms with van der Waals surface area (Å²) in [5.41, 5.74) is 3.68. The fourth-order valence-corrected chi connectivity index (χ4v) is 2.48. The van der Waals surface area contributed by atoms with Crippen LogP contribution in [0.1, 0.15) is 23.4 Å². The molecule has 0 saturated heterocycles. The minimum atomic E-state index is -0.158. The first-order chi connectivity index (χ1) is 11.6. The van der Waals surface area contributed by atoms with Gasteiger partial charge in [0, 0.05) is 35.8 Å². The number of hydrogen-bond donors (Lipinski definition) is 3. The van der Waals surface area contributed by atoms with Crippen LogP contribution in [0.25, 0.3) is 11.4 Å². The van der Waals surface area contributed by atoms with Crippen molar-refractivity contribution in [2.45, 2.75) is 26.7 Å². The van der Waals surface area contributed by atoms with Gasteiger partial charge in [-0.2, -0.15) is 5.10 Å². The van der Waals surface area contributed by atoms with E-state index in [1.54, 1.807) is 13.1 Å². The third kappa shape index (κ3) is 3.87. The third-order valence-corrected chi connectivity index (χ3v) is 3.77. The molecule has 3 aromatic rings. The predicted octanol–water partition coefficient (Wildman–Crippen LogP) is 2.22. The zero-order chi connectivity index (χ0) is 16.9. The van der Waals surface area contributed by atoms with Gasteiger partial charge in [0.2, 0.25) is 0 Å². The van der Waals surface area contributed by atoms with E-state index in [-0.39, 0.29) is 5.56 Å². The second-order valence-corrected chi connectivity index (χ2v) is 5.72. The summed E-state index contributed by atoms with van der Waals surface area (Å²) in [6.45, 7) is 4.65. The normalized spacial score (nSPS) is 10.8. The lowest BCUT2D eigenvalue weighted by molar-refractivity contribution is 0.853. The molecule has 0 aliphatic carbocycles. The van der Waals surface area contributed by atoms with Crippen molar-refractivity contribution in [1.82, 2.24) is 25.1 Å². The van der Waals surface area contributed by atoms with E-state index in [2.05, 4.69) is 30.5 Å². The van der Waals surface area contributed by atoms with E-state index in [9.17, 15) is 4.79 Å². The van der Waals surface area contributed by atoms with Crippen LogP contribution in [-0.4, -0.2) is 31.7 Å². The summed E-state index contributed by atoms with van der Waals surface area (Å²) in [6.07, 6.45) is 5.55. The molecule has 0 saturated carbocycles. The molecule has 0 aromatic carbocycles. The highest BCUT2D eigenvalue weighted by Crippen LogP contribution is 2.14. The number of aromatic nitrogens is 5. The fraction of sp³-hybridized carbons (Fsp3) is 0.294. The van der Waals surface area contributed by atoms with Crippen molar-refractivity contribution in [3.8, 4) is 11.4 Å². The lowest BCUT2D eigenvalue weighted by Crippen LogP contribution is -2.09. The number of aromatic amines is 2. The Morgan fingerprint density at radius 2 is 2.08 bits per heavy atom. The summed E-state index contributed by atoms with van der Waals surface area (Å²) < 4.78 is 0.